The van der Waals surface area contributed by atoms with Crippen molar-refractivity contribution in [3.63, 3.8) is 0 Å². The summed E-state index contributed by atoms with van der Waals surface area (Å²) in [7, 11) is 0. The van der Waals surface area contributed by atoms with Gasteiger partial charge in [0.25, 0.3) is 0 Å². The largest absolute Gasteiger partial charge is 0.381 e. The van der Waals surface area contributed by atoms with Crippen LogP contribution in [0, 0.1) is 11.3 Å². The molecule has 4 aromatic rings. The van der Waals surface area contributed by atoms with Crippen LogP contribution in [0.2, 0.25) is 0 Å². The van der Waals surface area contributed by atoms with Crippen LogP contribution in [-0.4, -0.2) is 36.1 Å². The number of hydrogen-bond acceptors (Lipinski definition) is 7. The van der Waals surface area contributed by atoms with Crippen LogP contribution in [0.15, 0.2) is 43.0 Å². The molecule has 0 unspecified atom stereocenters. The first-order valence-electron chi connectivity index (χ1n) is 8.50. The maximum atomic E-state index is 9.06. The molecule has 27 heavy (non-hydrogen) atoms. The molecule has 9 nitrogen and oxygen atoms in total. The van der Waals surface area contributed by atoms with Crippen LogP contribution in [0.25, 0.3) is 5.52 Å². The molecule has 0 saturated heterocycles. The summed E-state index contributed by atoms with van der Waals surface area (Å²) in [6, 6.07) is 9.70. The molecule has 0 spiro atoms. The summed E-state index contributed by atoms with van der Waals surface area (Å²) in [5.41, 5.74) is 9.88. The number of nitrogens with two attached hydrogens (primary N) is 1. The standard InChI is InChI=1S/C18H15N9/c19-8-14-18(20)24-15(9-21-14)26-6-4-12-16(23-10-22-12)17(26)13-7-11-3-1-2-5-27(11)25-13/h1-3,5,7,9-10,17H,4,6H2,(H2,20,24)(H,22,23)/t17-/m1/s1. The predicted molar refractivity (Wildman–Crippen MR) is 97.8 cm³/mol. The molecule has 0 bridgehead atoms. The fraction of sp³-hybridized carbons (Fsp3) is 0.167. The van der Waals surface area contributed by atoms with E-state index in [1.807, 2.05) is 41.0 Å². The Labute approximate surface area is 154 Å². The Hall–Kier alpha value is -3.93. The zero-order valence-electron chi connectivity index (χ0n) is 14.2. The fourth-order valence-corrected chi connectivity index (χ4v) is 3.53. The Balaban J connectivity index is 1.66. The van der Waals surface area contributed by atoms with Crippen LogP contribution in [0.3, 0.4) is 0 Å². The molecule has 0 amide bonds. The van der Waals surface area contributed by atoms with E-state index in [1.54, 1.807) is 12.5 Å². The van der Waals surface area contributed by atoms with Crippen molar-refractivity contribution in [2.45, 2.75) is 12.5 Å². The third-order valence-electron chi connectivity index (χ3n) is 4.78. The van der Waals surface area contributed by atoms with Crippen molar-refractivity contribution in [2.75, 3.05) is 17.2 Å². The van der Waals surface area contributed by atoms with Gasteiger partial charge < -0.3 is 15.6 Å². The van der Waals surface area contributed by atoms with Gasteiger partial charge in [-0.25, -0.2) is 19.5 Å². The molecular formula is C18H15N9. The first-order chi connectivity index (χ1) is 13.2. The number of nitrogens with one attached hydrogen (secondary N) is 1. The van der Waals surface area contributed by atoms with E-state index in [9.17, 15) is 0 Å². The normalized spacial score (nSPS) is 16.3. The number of rotatable bonds is 2. The predicted octanol–water partition coefficient (Wildman–Crippen LogP) is 1.45. The second-order valence-electron chi connectivity index (χ2n) is 6.33. The number of nitriles is 1. The average molecular weight is 357 g/mol. The van der Waals surface area contributed by atoms with Gasteiger partial charge in [-0.1, -0.05) is 6.07 Å². The van der Waals surface area contributed by atoms with E-state index in [2.05, 4.69) is 24.8 Å². The number of nitrogen functional groups attached to an aromatic ring is 1. The Kier molecular flexibility index (Phi) is 3.30. The van der Waals surface area contributed by atoms with E-state index in [1.165, 1.54) is 0 Å². The molecule has 0 fully saturated rings. The van der Waals surface area contributed by atoms with Gasteiger partial charge in [0, 0.05) is 24.9 Å². The molecule has 1 atom stereocenters. The Bertz CT molecular complexity index is 1150. The summed E-state index contributed by atoms with van der Waals surface area (Å²) in [5, 5.41) is 13.8. The topological polar surface area (TPSA) is 125 Å². The molecule has 0 aliphatic carbocycles. The molecule has 3 N–H and O–H groups in total. The maximum absolute atomic E-state index is 9.06. The molecule has 5 rings (SSSR count). The van der Waals surface area contributed by atoms with Crippen molar-refractivity contribution in [1.29, 1.82) is 5.26 Å². The lowest BCUT2D eigenvalue weighted by atomic mass is 10.00. The highest BCUT2D eigenvalue weighted by Crippen LogP contribution is 2.36. The fourth-order valence-electron chi connectivity index (χ4n) is 3.53. The minimum atomic E-state index is -0.221. The quantitative estimate of drug-likeness (QED) is 0.556. The van der Waals surface area contributed by atoms with E-state index in [0.717, 1.165) is 29.0 Å². The minimum Gasteiger partial charge on any atom is -0.381 e. The molecule has 4 aromatic heterocycles. The summed E-state index contributed by atoms with van der Waals surface area (Å²) in [4.78, 5) is 18.4. The summed E-state index contributed by atoms with van der Waals surface area (Å²) in [6.07, 6.45) is 5.99. The van der Waals surface area contributed by atoms with Crippen molar-refractivity contribution in [2.24, 2.45) is 0 Å². The van der Waals surface area contributed by atoms with Crippen LogP contribution in [0.5, 0.6) is 0 Å². The second kappa shape index (κ2) is 5.81. The average Bonchev–Trinajstić information content (AvgIpc) is 3.33. The third-order valence-corrected chi connectivity index (χ3v) is 4.78. The number of anilines is 2. The SMILES string of the molecule is N#Cc1ncc(N2CCc3[nH]cnc3[C@H]2c2cc3ccccn3n2)nc1N. The number of pyridine rings is 1. The van der Waals surface area contributed by atoms with Gasteiger partial charge in [0.15, 0.2) is 17.3 Å². The number of aromatic amines is 1. The number of fused-ring (bicyclic) bond motifs is 2. The Morgan fingerprint density at radius 3 is 3.04 bits per heavy atom. The van der Waals surface area contributed by atoms with Gasteiger partial charge in [-0.15, -0.1) is 0 Å². The minimum absolute atomic E-state index is 0.122. The van der Waals surface area contributed by atoms with E-state index >= 15 is 0 Å². The van der Waals surface area contributed by atoms with E-state index in [0.29, 0.717) is 12.4 Å². The van der Waals surface area contributed by atoms with Crippen LogP contribution >= 0.6 is 0 Å². The number of aromatic nitrogens is 6. The molecule has 5 heterocycles. The summed E-state index contributed by atoms with van der Waals surface area (Å²) in [5.74, 6) is 0.721. The Morgan fingerprint density at radius 1 is 1.30 bits per heavy atom. The number of nitrogens with zero attached hydrogens (tertiary/aromatic N) is 7. The van der Waals surface area contributed by atoms with Gasteiger partial charge in [-0.2, -0.15) is 10.4 Å². The van der Waals surface area contributed by atoms with Crippen LogP contribution in [0.4, 0.5) is 11.6 Å². The molecule has 132 valence electrons. The maximum Gasteiger partial charge on any atom is 0.182 e. The monoisotopic (exact) mass is 357 g/mol. The molecule has 9 heteroatoms. The van der Waals surface area contributed by atoms with Crippen molar-refractivity contribution in [3.8, 4) is 6.07 Å². The lowest BCUT2D eigenvalue weighted by Crippen LogP contribution is -2.37. The van der Waals surface area contributed by atoms with Gasteiger partial charge in [-0.05, 0) is 18.2 Å². The smallest absolute Gasteiger partial charge is 0.182 e. The summed E-state index contributed by atoms with van der Waals surface area (Å²) in [6.45, 7) is 0.702. The van der Waals surface area contributed by atoms with Crippen LogP contribution in [-0.2, 0) is 6.42 Å². The zero-order chi connectivity index (χ0) is 18.4. The molecule has 0 radical (unpaired) electrons. The van der Waals surface area contributed by atoms with Gasteiger partial charge >= 0.3 is 0 Å². The van der Waals surface area contributed by atoms with Crippen LogP contribution in [0.1, 0.15) is 28.8 Å². The van der Waals surface area contributed by atoms with Crippen LogP contribution < -0.4 is 10.6 Å². The lowest BCUT2D eigenvalue weighted by molar-refractivity contribution is 0.609. The second-order valence-corrected chi connectivity index (χ2v) is 6.33. The van der Waals surface area contributed by atoms with Crippen molar-refractivity contribution < 1.29 is 0 Å². The first-order valence-corrected chi connectivity index (χ1v) is 8.50. The van der Waals surface area contributed by atoms with Gasteiger partial charge in [0.2, 0.25) is 0 Å². The van der Waals surface area contributed by atoms with Crippen molar-refractivity contribution in [3.05, 3.63) is 65.8 Å². The van der Waals surface area contributed by atoms with Gasteiger partial charge in [-0.3, -0.25) is 0 Å². The third kappa shape index (κ3) is 2.38. The molecular weight excluding hydrogens is 342 g/mol. The molecule has 1 aliphatic rings. The van der Waals surface area contributed by atoms with Gasteiger partial charge in [0.05, 0.1) is 29.4 Å². The Morgan fingerprint density at radius 2 is 2.22 bits per heavy atom. The van der Waals surface area contributed by atoms with Crippen molar-refractivity contribution >= 4 is 17.2 Å². The van der Waals surface area contributed by atoms with Crippen molar-refractivity contribution in [1.82, 2.24) is 29.5 Å². The molecule has 0 aromatic carbocycles. The molecule has 0 saturated carbocycles. The van der Waals surface area contributed by atoms with E-state index in [4.69, 9.17) is 16.1 Å². The summed E-state index contributed by atoms with van der Waals surface area (Å²) >= 11 is 0. The highest BCUT2D eigenvalue weighted by Gasteiger charge is 2.34. The first kappa shape index (κ1) is 15.3. The number of hydrogen-bond donors (Lipinski definition) is 2. The molecule has 1 aliphatic heterocycles. The highest BCUT2D eigenvalue weighted by molar-refractivity contribution is 5.56. The zero-order valence-corrected chi connectivity index (χ0v) is 14.2. The highest BCUT2D eigenvalue weighted by atomic mass is 15.3. The van der Waals surface area contributed by atoms with E-state index < -0.39 is 0 Å². The number of H-pyrrole nitrogens is 1. The van der Waals surface area contributed by atoms with Gasteiger partial charge in [0.1, 0.15) is 12.1 Å². The van der Waals surface area contributed by atoms with E-state index in [-0.39, 0.29) is 17.6 Å². The lowest BCUT2D eigenvalue weighted by Gasteiger charge is -2.34. The number of imidazole rings is 1. The summed E-state index contributed by atoms with van der Waals surface area (Å²) < 4.78 is 1.84.